The van der Waals surface area contributed by atoms with Crippen molar-refractivity contribution < 1.29 is 31.1 Å². The summed E-state index contributed by atoms with van der Waals surface area (Å²) in [5, 5.41) is 14.2. The lowest BCUT2D eigenvalue weighted by molar-refractivity contribution is -0.156. The molecule has 3 atom stereocenters. The molecule has 0 spiro atoms. The second-order valence-corrected chi connectivity index (χ2v) is 7.07. The summed E-state index contributed by atoms with van der Waals surface area (Å²) in [6.07, 6.45) is -9.91. The minimum absolute atomic E-state index is 0.207. The Morgan fingerprint density at radius 2 is 1.79 bits per heavy atom. The number of amides is 1. The predicted octanol–water partition coefficient (Wildman–Crippen LogP) is 2.39. The molecule has 3 unspecified atom stereocenters. The van der Waals surface area contributed by atoms with E-state index in [0.717, 1.165) is 12.1 Å². The van der Waals surface area contributed by atoms with Crippen molar-refractivity contribution in [1.82, 2.24) is 15.5 Å². The zero-order valence-electron chi connectivity index (χ0n) is 15.1. The number of nitrogens with zero attached hydrogens (tertiary/aromatic N) is 2. The SMILES string of the molecule is N#Cc1ccc(C2CC(C(=O)N3CCNCC3)NC2C(F)(F)F)cc1C(F)(F)F. The minimum atomic E-state index is -4.88. The van der Waals surface area contributed by atoms with Crippen molar-refractivity contribution in [2.75, 3.05) is 26.2 Å². The Labute approximate surface area is 162 Å². The van der Waals surface area contributed by atoms with Gasteiger partial charge in [-0.1, -0.05) is 6.07 Å². The van der Waals surface area contributed by atoms with E-state index in [1.807, 2.05) is 0 Å². The van der Waals surface area contributed by atoms with E-state index in [4.69, 9.17) is 5.26 Å². The number of benzene rings is 1. The standard InChI is InChI=1S/C18H18F6N4O/c19-17(20,21)13-7-10(1-2-11(13)9-25)12-8-14(27-15(12)18(22,23)24)16(29)28-5-3-26-4-6-28/h1-2,7,12,14-15,26-27H,3-6,8H2. The van der Waals surface area contributed by atoms with E-state index < -0.39 is 47.4 Å². The molecular weight excluding hydrogens is 402 g/mol. The number of carbonyl (C=O) groups is 1. The molecule has 0 aromatic heterocycles. The van der Waals surface area contributed by atoms with Gasteiger partial charge in [0, 0.05) is 32.1 Å². The molecule has 0 bridgehead atoms. The molecule has 2 N–H and O–H groups in total. The van der Waals surface area contributed by atoms with Gasteiger partial charge in [0.15, 0.2) is 0 Å². The van der Waals surface area contributed by atoms with Gasteiger partial charge in [-0.05, 0) is 24.1 Å². The van der Waals surface area contributed by atoms with Crippen molar-refractivity contribution in [3.8, 4) is 6.07 Å². The van der Waals surface area contributed by atoms with Gasteiger partial charge in [-0.3, -0.25) is 10.1 Å². The summed E-state index contributed by atoms with van der Waals surface area (Å²) in [6.45, 7) is 1.76. The molecule has 29 heavy (non-hydrogen) atoms. The maximum absolute atomic E-state index is 13.6. The molecule has 0 aliphatic carbocycles. The summed E-state index contributed by atoms with van der Waals surface area (Å²) in [4.78, 5) is 14.1. The second kappa shape index (κ2) is 7.84. The highest BCUT2D eigenvalue weighted by atomic mass is 19.4. The van der Waals surface area contributed by atoms with E-state index in [1.54, 1.807) is 0 Å². The normalized spacial score (nSPS) is 25.7. The number of hydrogen-bond donors (Lipinski definition) is 2. The number of carbonyl (C=O) groups excluding carboxylic acids is 1. The van der Waals surface area contributed by atoms with Crippen LogP contribution in [0, 0.1) is 11.3 Å². The number of nitriles is 1. The van der Waals surface area contributed by atoms with Gasteiger partial charge in [-0.2, -0.15) is 31.6 Å². The molecule has 2 aliphatic rings. The zero-order valence-corrected chi connectivity index (χ0v) is 15.1. The van der Waals surface area contributed by atoms with Gasteiger partial charge in [0.25, 0.3) is 0 Å². The average molecular weight is 420 g/mol. The maximum Gasteiger partial charge on any atom is 0.417 e. The van der Waals surface area contributed by atoms with E-state index in [0.29, 0.717) is 32.2 Å². The average Bonchev–Trinajstić information content (AvgIpc) is 3.13. The van der Waals surface area contributed by atoms with Crippen LogP contribution < -0.4 is 10.6 Å². The van der Waals surface area contributed by atoms with Crippen molar-refractivity contribution in [3.63, 3.8) is 0 Å². The fourth-order valence-corrected chi connectivity index (χ4v) is 3.84. The number of halogens is 6. The van der Waals surface area contributed by atoms with Crippen LogP contribution in [0.15, 0.2) is 18.2 Å². The van der Waals surface area contributed by atoms with Gasteiger partial charge in [0.2, 0.25) is 5.91 Å². The van der Waals surface area contributed by atoms with Crippen molar-refractivity contribution in [2.45, 2.75) is 36.8 Å². The maximum atomic E-state index is 13.6. The Balaban J connectivity index is 1.92. The first-order chi connectivity index (χ1) is 13.5. The van der Waals surface area contributed by atoms with Gasteiger partial charge in [0.1, 0.15) is 6.04 Å². The number of piperazine rings is 1. The van der Waals surface area contributed by atoms with Crippen LogP contribution in [0.3, 0.4) is 0 Å². The fourth-order valence-electron chi connectivity index (χ4n) is 3.84. The molecule has 2 heterocycles. The van der Waals surface area contributed by atoms with Crippen molar-refractivity contribution >= 4 is 5.91 Å². The van der Waals surface area contributed by atoms with Crippen LogP contribution in [0.4, 0.5) is 26.3 Å². The van der Waals surface area contributed by atoms with Gasteiger partial charge >= 0.3 is 12.4 Å². The van der Waals surface area contributed by atoms with Crippen molar-refractivity contribution in [3.05, 3.63) is 34.9 Å². The molecule has 2 fully saturated rings. The third-order valence-electron chi connectivity index (χ3n) is 5.25. The largest absolute Gasteiger partial charge is 0.417 e. The lowest BCUT2D eigenvalue weighted by Gasteiger charge is -2.30. The predicted molar refractivity (Wildman–Crippen MR) is 89.7 cm³/mol. The fraction of sp³-hybridized carbons (Fsp3) is 0.556. The van der Waals surface area contributed by atoms with Crippen molar-refractivity contribution in [2.24, 2.45) is 0 Å². The monoisotopic (exact) mass is 420 g/mol. The number of rotatable bonds is 2. The Kier molecular flexibility index (Phi) is 5.78. The van der Waals surface area contributed by atoms with Crippen LogP contribution in [-0.4, -0.2) is 55.2 Å². The van der Waals surface area contributed by atoms with Crippen molar-refractivity contribution in [1.29, 1.82) is 5.26 Å². The Bertz CT molecular complexity index is 810. The molecule has 2 saturated heterocycles. The van der Waals surface area contributed by atoms with E-state index in [9.17, 15) is 31.1 Å². The van der Waals surface area contributed by atoms with Crippen LogP contribution in [0.5, 0.6) is 0 Å². The van der Waals surface area contributed by atoms with E-state index in [1.165, 1.54) is 11.0 Å². The summed E-state index contributed by atoms with van der Waals surface area (Å²) in [5.41, 5.74) is -2.15. The third kappa shape index (κ3) is 4.48. The number of alkyl halides is 6. The first-order valence-electron chi connectivity index (χ1n) is 8.96. The van der Waals surface area contributed by atoms with Gasteiger partial charge in [-0.15, -0.1) is 0 Å². The lowest BCUT2D eigenvalue weighted by Crippen LogP contribution is -2.53. The highest BCUT2D eigenvalue weighted by molar-refractivity contribution is 5.82. The third-order valence-corrected chi connectivity index (χ3v) is 5.25. The highest BCUT2D eigenvalue weighted by Crippen LogP contribution is 2.42. The summed E-state index contributed by atoms with van der Waals surface area (Å²) in [5.74, 6) is -1.87. The van der Waals surface area contributed by atoms with Crippen LogP contribution in [0.25, 0.3) is 0 Å². The molecule has 3 rings (SSSR count). The first kappa shape index (κ1) is 21.4. The zero-order chi connectivity index (χ0) is 21.4. The second-order valence-electron chi connectivity index (χ2n) is 7.07. The van der Waals surface area contributed by atoms with E-state index in [2.05, 4.69) is 10.6 Å². The molecule has 1 aromatic rings. The Morgan fingerprint density at radius 1 is 1.14 bits per heavy atom. The summed E-state index contributed by atoms with van der Waals surface area (Å²) in [7, 11) is 0. The van der Waals surface area contributed by atoms with E-state index in [-0.39, 0.29) is 12.0 Å². The van der Waals surface area contributed by atoms with E-state index >= 15 is 0 Å². The highest BCUT2D eigenvalue weighted by Gasteiger charge is 2.52. The number of hydrogen-bond acceptors (Lipinski definition) is 4. The summed E-state index contributed by atoms with van der Waals surface area (Å²) in [6, 6.07) is 0.655. The molecule has 2 aliphatic heterocycles. The summed E-state index contributed by atoms with van der Waals surface area (Å²) < 4.78 is 80.4. The number of nitrogens with one attached hydrogen (secondary N) is 2. The van der Waals surface area contributed by atoms with Gasteiger partial charge in [0.05, 0.1) is 23.2 Å². The molecule has 11 heteroatoms. The topological polar surface area (TPSA) is 68.2 Å². The quantitative estimate of drug-likeness (QED) is 0.722. The molecule has 1 aromatic carbocycles. The summed E-state index contributed by atoms with van der Waals surface area (Å²) >= 11 is 0. The smallest absolute Gasteiger partial charge is 0.339 e. The molecule has 158 valence electrons. The van der Waals surface area contributed by atoms with Gasteiger partial charge < -0.3 is 10.2 Å². The molecular formula is C18H18F6N4O. The lowest BCUT2D eigenvalue weighted by atomic mass is 9.88. The van der Waals surface area contributed by atoms with Crippen LogP contribution >= 0.6 is 0 Å². The van der Waals surface area contributed by atoms with Gasteiger partial charge in [-0.25, -0.2) is 0 Å². The molecule has 0 saturated carbocycles. The van der Waals surface area contributed by atoms with Crippen LogP contribution in [-0.2, 0) is 11.0 Å². The first-order valence-corrected chi connectivity index (χ1v) is 8.96. The molecule has 1 amide bonds. The van der Waals surface area contributed by atoms with Crippen LogP contribution in [0.2, 0.25) is 0 Å². The Hall–Kier alpha value is -2.32. The Morgan fingerprint density at radius 3 is 2.34 bits per heavy atom. The van der Waals surface area contributed by atoms with Crippen LogP contribution in [0.1, 0.15) is 29.0 Å². The molecule has 5 nitrogen and oxygen atoms in total. The minimum Gasteiger partial charge on any atom is -0.339 e. The molecule has 0 radical (unpaired) electrons.